The zero-order chi connectivity index (χ0) is 6.41. The van der Waals surface area contributed by atoms with Crippen LogP contribution in [0.2, 0.25) is 0 Å². The molecule has 58 valence electrons. The largest absolute Gasteiger partial charge is 0.388 e. The fraction of sp³-hybridized carbons (Fsp3) is 1.00. The molecule has 0 unspecified atom stereocenters. The Hall–Kier alpha value is -0.120. The summed E-state index contributed by atoms with van der Waals surface area (Å²) >= 11 is 0. The van der Waals surface area contributed by atoms with Crippen LogP contribution < -0.4 is 0 Å². The van der Waals surface area contributed by atoms with E-state index in [1.165, 1.54) is 0 Å². The van der Waals surface area contributed by atoms with E-state index in [1.54, 1.807) is 14.2 Å². The molecule has 0 aliphatic rings. The fourth-order valence-electron chi connectivity index (χ4n) is 0.433. The smallest absolute Gasteiger partial charge is 0.101 e. The van der Waals surface area contributed by atoms with Crippen LogP contribution in [0.5, 0.6) is 0 Å². The van der Waals surface area contributed by atoms with Gasteiger partial charge in [-0.25, -0.2) is 0 Å². The lowest BCUT2D eigenvalue weighted by molar-refractivity contribution is 0.00980. The van der Waals surface area contributed by atoms with Crippen LogP contribution in [0.25, 0.3) is 0 Å². The lowest BCUT2D eigenvalue weighted by Crippen LogP contribution is -2.19. The highest BCUT2D eigenvalue weighted by Crippen LogP contribution is 1.82. The zero-order valence-electron chi connectivity index (χ0n) is 5.26. The molecule has 0 aliphatic carbocycles. The molecule has 3 nitrogen and oxygen atoms in total. The number of aliphatic hydroxyl groups excluding tert-OH is 1. The Morgan fingerprint density at radius 1 is 1.22 bits per heavy atom. The molecule has 0 atom stereocenters. The molecule has 0 heterocycles. The second kappa shape index (κ2) is 7.88. The molecule has 0 aromatic carbocycles. The van der Waals surface area contributed by atoms with Gasteiger partial charge in [0.1, 0.15) is 6.10 Å². The maximum atomic E-state index is 8.80. The second-order valence-electron chi connectivity index (χ2n) is 1.56. The number of hydrogen-bond acceptors (Lipinski definition) is 3. The SMILES string of the molecule is C.COCC(O)COC. The molecule has 3 heteroatoms. The third kappa shape index (κ3) is 7.88. The fourth-order valence-corrected chi connectivity index (χ4v) is 0.433. The van der Waals surface area contributed by atoms with E-state index in [-0.39, 0.29) is 7.43 Å². The van der Waals surface area contributed by atoms with Gasteiger partial charge in [-0.15, -0.1) is 0 Å². The molecule has 1 N–H and O–H groups in total. The molecule has 0 aliphatic heterocycles. The number of hydrogen-bond donors (Lipinski definition) is 1. The lowest BCUT2D eigenvalue weighted by atomic mass is 10.4. The molecule has 0 radical (unpaired) electrons. The maximum absolute atomic E-state index is 8.80. The summed E-state index contributed by atoms with van der Waals surface area (Å²) in [6, 6.07) is 0. The number of ether oxygens (including phenoxy) is 2. The topological polar surface area (TPSA) is 38.7 Å². The molecule has 0 aromatic heterocycles. The molecule has 0 saturated carbocycles. The van der Waals surface area contributed by atoms with Crippen LogP contribution in [0, 0.1) is 0 Å². The van der Waals surface area contributed by atoms with Gasteiger partial charge in [0.25, 0.3) is 0 Å². The third-order valence-electron chi connectivity index (χ3n) is 0.718. The predicted octanol–water partition coefficient (Wildman–Crippen LogP) is 0.276. The van der Waals surface area contributed by atoms with Crippen molar-refractivity contribution in [3.63, 3.8) is 0 Å². The Morgan fingerprint density at radius 3 is 1.78 bits per heavy atom. The van der Waals surface area contributed by atoms with E-state index in [0.717, 1.165) is 0 Å². The van der Waals surface area contributed by atoms with Crippen LogP contribution in [0.3, 0.4) is 0 Å². The Kier molecular flexibility index (Phi) is 10.2. The van der Waals surface area contributed by atoms with Crippen LogP contribution in [0.15, 0.2) is 0 Å². The second-order valence-corrected chi connectivity index (χ2v) is 1.56. The Balaban J connectivity index is 0. The van der Waals surface area contributed by atoms with E-state index < -0.39 is 6.10 Å². The molecular weight excluding hydrogens is 120 g/mol. The quantitative estimate of drug-likeness (QED) is 0.603. The predicted molar refractivity (Wildman–Crippen MR) is 36.5 cm³/mol. The van der Waals surface area contributed by atoms with Crippen molar-refractivity contribution >= 4 is 0 Å². The first-order chi connectivity index (χ1) is 3.81. The normalized spacial score (nSPS) is 9.33. The molecule has 0 spiro atoms. The molecule has 9 heavy (non-hydrogen) atoms. The Labute approximate surface area is 56.6 Å². The van der Waals surface area contributed by atoms with Crippen molar-refractivity contribution in [3.05, 3.63) is 0 Å². The van der Waals surface area contributed by atoms with Crippen molar-refractivity contribution in [2.75, 3.05) is 27.4 Å². The molecular formula is C6H16O3. The van der Waals surface area contributed by atoms with E-state index in [0.29, 0.717) is 13.2 Å². The minimum absolute atomic E-state index is 0. The van der Waals surface area contributed by atoms with Crippen molar-refractivity contribution < 1.29 is 14.6 Å². The van der Waals surface area contributed by atoms with E-state index >= 15 is 0 Å². The first-order valence-corrected chi connectivity index (χ1v) is 2.47. The van der Waals surface area contributed by atoms with Crippen molar-refractivity contribution in [3.8, 4) is 0 Å². The Bertz CT molecular complexity index is 41.6. The van der Waals surface area contributed by atoms with Crippen LogP contribution >= 0.6 is 0 Å². The highest BCUT2D eigenvalue weighted by atomic mass is 16.5. The summed E-state index contributed by atoms with van der Waals surface area (Å²) in [6.45, 7) is 0.682. The summed E-state index contributed by atoms with van der Waals surface area (Å²) in [5.74, 6) is 0. The molecule has 0 rings (SSSR count). The van der Waals surface area contributed by atoms with Gasteiger partial charge in [0.15, 0.2) is 0 Å². The highest BCUT2D eigenvalue weighted by molar-refractivity contribution is 4.47. The van der Waals surface area contributed by atoms with Crippen molar-refractivity contribution in [1.82, 2.24) is 0 Å². The van der Waals surface area contributed by atoms with Crippen molar-refractivity contribution in [1.29, 1.82) is 0 Å². The third-order valence-corrected chi connectivity index (χ3v) is 0.718. The average molecular weight is 136 g/mol. The number of aliphatic hydroxyl groups is 1. The Morgan fingerprint density at radius 2 is 1.56 bits per heavy atom. The molecule has 0 amide bonds. The van der Waals surface area contributed by atoms with Gasteiger partial charge >= 0.3 is 0 Å². The molecule has 0 aromatic rings. The summed E-state index contributed by atoms with van der Waals surface area (Å²) in [6.07, 6.45) is -0.481. The minimum Gasteiger partial charge on any atom is -0.388 e. The van der Waals surface area contributed by atoms with Crippen LogP contribution in [0.1, 0.15) is 7.43 Å². The summed E-state index contributed by atoms with van der Waals surface area (Å²) in [4.78, 5) is 0. The van der Waals surface area contributed by atoms with Crippen LogP contribution in [0.4, 0.5) is 0 Å². The molecule has 0 fully saturated rings. The first kappa shape index (κ1) is 11.6. The van der Waals surface area contributed by atoms with E-state index in [9.17, 15) is 0 Å². The molecule has 0 bridgehead atoms. The summed E-state index contributed by atoms with van der Waals surface area (Å²) in [7, 11) is 3.08. The summed E-state index contributed by atoms with van der Waals surface area (Å²) in [5.41, 5.74) is 0. The maximum Gasteiger partial charge on any atom is 0.101 e. The zero-order valence-corrected chi connectivity index (χ0v) is 5.26. The van der Waals surface area contributed by atoms with Gasteiger partial charge in [-0.3, -0.25) is 0 Å². The highest BCUT2D eigenvalue weighted by Gasteiger charge is 1.99. The summed E-state index contributed by atoms with van der Waals surface area (Å²) < 4.78 is 9.25. The van der Waals surface area contributed by atoms with Crippen molar-refractivity contribution in [2.24, 2.45) is 0 Å². The number of rotatable bonds is 4. The van der Waals surface area contributed by atoms with Gasteiger partial charge in [-0.1, -0.05) is 7.43 Å². The molecule has 0 saturated heterocycles. The van der Waals surface area contributed by atoms with Gasteiger partial charge in [0.2, 0.25) is 0 Å². The van der Waals surface area contributed by atoms with Gasteiger partial charge in [0, 0.05) is 14.2 Å². The number of methoxy groups -OCH3 is 2. The first-order valence-electron chi connectivity index (χ1n) is 2.47. The van der Waals surface area contributed by atoms with Gasteiger partial charge in [-0.2, -0.15) is 0 Å². The van der Waals surface area contributed by atoms with E-state index in [2.05, 4.69) is 9.47 Å². The van der Waals surface area contributed by atoms with Crippen molar-refractivity contribution in [2.45, 2.75) is 13.5 Å². The van der Waals surface area contributed by atoms with E-state index in [1.807, 2.05) is 0 Å². The standard InChI is InChI=1S/C5H12O3.CH4/c1-7-3-5(6)4-8-2;/h5-6H,3-4H2,1-2H3;1H4. The van der Waals surface area contributed by atoms with Gasteiger partial charge in [-0.05, 0) is 0 Å². The van der Waals surface area contributed by atoms with Crippen LogP contribution in [-0.2, 0) is 9.47 Å². The van der Waals surface area contributed by atoms with Crippen LogP contribution in [-0.4, -0.2) is 38.6 Å². The monoisotopic (exact) mass is 136 g/mol. The van der Waals surface area contributed by atoms with Gasteiger partial charge in [0.05, 0.1) is 13.2 Å². The van der Waals surface area contributed by atoms with E-state index in [4.69, 9.17) is 5.11 Å². The van der Waals surface area contributed by atoms with Gasteiger partial charge < -0.3 is 14.6 Å². The lowest BCUT2D eigenvalue weighted by Gasteiger charge is -2.05. The summed E-state index contributed by atoms with van der Waals surface area (Å²) in [5, 5.41) is 8.80. The minimum atomic E-state index is -0.481. The average Bonchev–Trinajstić information content (AvgIpc) is 1.68.